The molecule has 1 aromatic carbocycles. The molecule has 154 valence electrons. The van der Waals surface area contributed by atoms with Gasteiger partial charge in [0.05, 0.1) is 49.7 Å². The second-order valence-corrected chi connectivity index (χ2v) is 5.89. The number of aromatic nitrogens is 2. The van der Waals surface area contributed by atoms with Crippen LogP contribution in [-0.4, -0.2) is 49.0 Å². The highest BCUT2D eigenvalue weighted by atomic mass is 19.4. The molecule has 3 rings (SSSR count). The van der Waals surface area contributed by atoms with E-state index < -0.39 is 23.7 Å². The number of imidazole rings is 1. The van der Waals surface area contributed by atoms with Gasteiger partial charge in [-0.3, -0.25) is 0 Å². The lowest BCUT2D eigenvalue weighted by atomic mass is 10.1. The van der Waals surface area contributed by atoms with Gasteiger partial charge in [-0.15, -0.1) is 0 Å². The van der Waals surface area contributed by atoms with Crippen LogP contribution in [-0.2, 0) is 30.0 Å². The Labute approximate surface area is 163 Å². The minimum absolute atomic E-state index is 0.0284. The minimum atomic E-state index is -4.63. The lowest BCUT2D eigenvalue weighted by Gasteiger charge is -2.33. The van der Waals surface area contributed by atoms with Gasteiger partial charge in [-0.25, -0.2) is 14.6 Å². The first kappa shape index (κ1) is 20.4. The highest BCUT2D eigenvalue weighted by molar-refractivity contribution is 6.03. The van der Waals surface area contributed by atoms with Crippen LogP contribution >= 0.6 is 0 Å². The number of alkyl halides is 3. The Morgan fingerprint density at radius 1 is 1.14 bits per heavy atom. The van der Waals surface area contributed by atoms with E-state index in [4.69, 9.17) is 9.47 Å². The summed E-state index contributed by atoms with van der Waals surface area (Å²) in [5.74, 6) is -1.77. The summed E-state index contributed by atoms with van der Waals surface area (Å²) in [5.41, 5.74) is -1.11. The Kier molecular flexibility index (Phi) is 5.59. The number of anilines is 1. The molecule has 0 fully saturated rings. The summed E-state index contributed by atoms with van der Waals surface area (Å²) in [7, 11) is 2.21. The average molecular weight is 411 g/mol. The number of benzene rings is 1. The summed E-state index contributed by atoms with van der Waals surface area (Å²) in [4.78, 5) is 29.6. The van der Waals surface area contributed by atoms with Crippen molar-refractivity contribution in [3.05, 3.63) is 53.8 Å². The number of hydrogen-bond acceptors (Lipinski definition) is 7. The molecule has 0 saturated heterocycles. The van der Waals surface area contributed by atoms with Crippen molar-refractivity contribution in [1.29, 1.82) is 0 Å². The molecule has 0 N–H and O–H groups in total. The molecule has 0 atom stereocenters. The third kappa shape index (κ3) is 3.94. The van der Waals surface area contributed by atoms with Gasteiger partial charge in [0.15, 0.2) is 0 Å². The van der Waals surface area contributed by atoms with E-state index in [0.29, 0.717) is 0 Å². The van der Waals surface area contributed by atoms with Gasteiger partial charge in [-0.05, 0) is 18.2 Å². The largest absolute Gasteiger partial charge is 0.466 e. The standard InChI is InChI=1S/C18H16F3N3O5/c1-27-16(25)12-8-29-10-24(15(12)17(26)28-2)14-7-11(18(19,20)21)3-4-13(14)23-6-5-22-9-23/h3-7,9H,8,10H2,1-2H3. The van der Waals surface area contributed by atoms with Gasteiger partial charge in [0, 0.05) is 12.4 Å². The van der Waals surface area contributed by atoms with Gasteiger partial charge in [0.2, 0.25) is 0 Å². The van der Waals surface area contributed by atoms with Crippen molar-refractivity contribution in [2.45, 2.75) is 6.18 Å². The molecular formula is C18H16F3N3O5. The zero-order valence-corrected chi connectivity index (χ0v) is 15.4. The van der Waals surface area contributed by atoms with Crippen LogP contribution in [0.4, 0.5) is 18.9 Å². The van der Waals surface area contributed by atoms with Gasteiger partial charge in [0.1, 0.15) is 12.4 Å². The van der Waals surface area contributed by atoms with Crippen LogP contribution in [0.15, 0.2) is 48.2 Å². The molecule has 11 heteroatoms. The van der Waals surface area contributed by atoms with Crippen LogP contribution in [0.3, 0.4) is 0 Å². The highest BCUT2D eigenvalue weighted by Crippen LogP contribution is 2.37. The van der Waals surface area contributed by atoms with E-state index in [1.54, 1.807) is 0 Å². The number of rotatable bonds is 4. The van der Waals surface area contributed by atoms with Crippen LogP contribution in [0, 0.1) is 0 Å². The highest BCUT2D eigenvalue weighted by Gasteiger charge is 2.36. The Balaban J connectivity index is 2.26. The summed E-state index contributed by atoms with van der Waals surface area (Å²) in [6, 6.07) is 3.01. The summed E-state index contributed by atoms with van der Waals surface area (Å²) in [5, 5.41) is 0. The molecule has 0 unspecified atom stereocenters. The Morgan fingerprint density at radius 3 is 2.45 bits per heavy atom. The number of halogens is 3. The van der Waals surface area contributed by atoms with Crippen molar-refractivity contribution >= 4 is 17.6 Å². The molecule has 1 aliphatic rings. The molecule has 2 aromatic rings. The van der Waals surface area contributed by atoms with E-state index in [0.717, 1.165) is 31.3 Å². The first-order valence-corrected chi connectivity index (χ1v) is 8.22. The van der Waals surface area contributed by atoms with Crippen molar-refractivity contribution in [3.63, 3.8) is 0 Å². The molecule has 2 heterocycles. The molecule has 1 aliphatic heterocycles. The van der Waals surface area contributed by atoms with Gasteiger partial charge >= 0.3 is 18.1 Å². The van der Waals surface area contributed by atoms with Crippen LogP contribution in [0.5, 0.6) is 0 Å². The van der Waals surface area contributed by atoms with E-state index in [1.807, 2.05) is 0 Å². The maximum Gasteiger partial charge on any atom is 0.416 e. The van der Waals surface area contributed by atoms with Crippen LogP contribution in [0.2, 0.25) is 0 Å². The van der Waals surface area contributed by atoms with E-state index in [2.05, 4.69) is 9.72 Å². The van der Waals surface area contributed by atoms with Crippen molar-refractivity contribution in [2.24, 2.45) is 0 Å². The molecule has 0 saturated carbocycles. The van der Waals surface area contributed by atoms with E-state index in [-0.39, 0.29) is 36.0 Å². The van der Waals surface area contributed by atoms with Gasteiger partial charge < -0.3 is 23.7 Å². The molecule has 0 spiro atoms. The Bertz CT molecular complexity index is 954. The number of methoxy groups -OCH3 is 2. The molecule has 29 heavy (non-hydrogen) atoms. The minimum Gasteiger partial charge on any atom is -0.466 e. The first-order chi connectivity index (χ1) is 13.8. The van der Waals surface area contributed by atoms with Crippen molar-refractivity contribution < 1.29 is 37.0 Å². The average Bonchev–Trinajstić information content (AvgIpc) is 3.25. The number of ether oxygens (including phenoxy) is 3. The monoisotopic (exact) mass is 411 g/mol. The second kappa shape index (κ2) is 7.95. The van der Waals surface area contributed by atoms with E-state index in [9.17, 15) is 22.8 Å². The van der Waals surface area contributed by atoms with Crippen molar-refractivity contribution in [3.8, 4) is 5.69 Å². The molecule has 0 bridgehead atoms. The Morgan fingerprint density at radius 2 is 1.86 bits per heavy atom. The zero-order chi connectivity index (χ0) is 21.2. The number of nitrogens with zero attached hydrogens (tertiary/aromatic N) is 3. The number of carbonyl (C=O) groups is 2. The molecule has 1 aromatic heterocycles. The maximum atomic E-state index is 13.3. The summed E-state index contributed by atoms with van der Waals surface area (Å²) in [6.45, 7) is -0.541. The normalized spacial score (nSPS) is 14.7. The Hall–Kier alpha value is -3.34. The maximum absolute atomic E-state index is 13.3. The van der Waals surface area contributed by atoms with Crippen LogP contribution < -0.4 is 4.90 Å². The van der Waals surface area contributed by atoms with Crippen LogP contribution in [0.25, 0.3) is 5.69 Å². The smallest absolute Gasteiger partial charge is 0.416 e. The summed E-state index contributed by atoms with van der Waals surface area (Å²) >= 11 is 0. The fraction of sp³-hybridized carbons (Fsp3) is 0.278. The van der Waals surface area contributed by atoms with Gasteiger partial charge in [-0.1, -0.05) is 0 Å². The number of hydrogen-bond donors (Lipinski definition) is 0. The molecule has 0 aliphatic carbocycles. The summed E-state index contributed by atoms with van der Waals surface area (Å²) in [6.07, 6.45) is -0.260. The second-order valence-electron chi connectivity index (χ2n) is 5.89. The third-order valence-corrected chi connectivity index (χ3v) is 4.21. The van der Waals surface area contributed by atoms with Gasteiger partial charge in [-0.2, -0.15) is 13.2 Å². The third-order valence-electron chi connectivity index (χ3n) is 4.21. The quantitative estimate of drug-likeness (QED) is 0.714. The van der Waals surface area contributed by atoms with Crippen molar-refractivity contribution in [1.82, 2.24) is 9.55 Å². The molecule has 8 nitrogen and oxygen atoms in total. The molecule has 0 radical (unpaired) electrons. The SMILES string of the molecule is COC(=O)C1=C(C(=O)OC)N(c2cc(C(F)(F)F)ccc2-n2ccnc2)COC1. The van der Waals surface area contributed by atoms with Gasteiger partial charge in [0.25, 0.3) is 0 Å². The number of carbonyl (C=O) groups excluding carboxylic acids is 2. The lowest BCUT2D eigenvalue weighted by molar-refractivity contribution is -0.140. The molecule has 0 amide bonds. The fourth-order valence-corrected chi connectivity index (χ4v) is 2.87. The predicted octanol–water partition coefficient (Wildman–Crippen LogP) is 2.29. The number of esters is 2. The zero-order valence-electron chi connectivity index (χ0n) is 15.4. The van der Waals surface area contributed by atoms with E-state index >= 15 is 0 Å². The summed E-state index contributed by atoms with van der Waals surface area (Å²) < 4.78 is 56.3. The van der Waals surface area contributed by atoms with E-state index in [1.165, 1.54) is 29.4 Å². The van der Waals surface area contributed by atoms with Crippen molar-refractivity contribution in [2.75, 3.05) is 32.5 Å². The first-order valence-electron chi connectivity index (χ1n) is 8.22. The fourth-order valence-electron chi connectivity index (χ4n) is 2.87. The van der Waals surface area contributed by atoms with Crippen LogP contribution in [0.1, 0.15) is 5.56 Å². The predicted molar refractivity (Wildman–Crippen MR) is 92.9 cm³/mol. The topological polar surface area (TPSA) is 82.9 Å². The molecular weight excluding hydrogens is 395 g/mol. The lowest BCUT2D eigenvalue weighted by Crippen LogP contribution is -2.39.